The van der Waals surface area contributed by atoms with Crippen LogP contribution >= 0.6 is 0 Å². The van der Waals surface area contributed by atoms with E-state index in [1.165, 1.54) is 0 Å². The summed E-state index contributed by atoms with van der Waals surface area (Å²) in [4.78, 5) is 23.3. The van der Waals surface area contributed by atoms with Crippen molar-refractivity contribution in [2.24, 2.45) is 0 Å². The van der Waals surface area contributed by atoms with E-state index in [4.69, 9.17) is 0 Å². The van der Waals surface area contributed by atoms with Crippen LogP contribution < -0.4 is 0 Å². The van der Waals surface area contributed by atoms with E-state index in [0.717, 1.165) is 42.7 Å². The monoisotopic (exact) mass is 324 g/mol. The minimum absolute atomic E-state index is 0.104. The Labute approximate surface area is 139 Å². The Bertz CT molecular complexity index is 853. The van der Waals surface area contributed by atoms with Gasteiger partial charge in [0.05, 0.1) is 12.0 Å². The topological polar surface area (TPSA) is 68.8 Å². The van der Waals surface area contributed by atoms with Crippen molar-refractivity contribution in [2.45, 2.75) is 38.9 Å². The number of imidazole rings is 1. The van der Waals surface area contributed by atoms with Crippen LogP contribution in [0.1, 0.15) is 18.5 Å². The molecule has 0 aromatic carbocycles. The fraction of sp³-hybridized carbons (Fsp3) is 0.412. The molecule has 1 saturated heterocycles. The number of aryl methyl sites for hydroxylation is 1. The summed E-state index contributed by atoms with van der Waals surface area (Å²) in [6, 6.07) is 4.11. The number of carbonyl (C=O) groups is 1. The van der Waals surface area contributed by atoms with Crippen LogP contribution in [-0.2, 0) is 17.9 Å². The number of nitrogens with zero attached hydrogens (tertiary/aromatic N) is 6. The van der Waals surface area contributed by atoms with Crippen LogP contribution in [0.2, 0.25) is 0 Å². The van der Waals surface area contributed by atoms with Crippen molar-refractivity contribution >= 4 is 16.9 Å². The molecule has 1 atom stereocenters. The minimum atomic E-state index is 0.104. The molecule has 7 nitrogen and oxygen atoms in total. The van der Waals surface area contributed by atoms with Gasteiger partial charge in [-0.25, -0.2) is 14.6 Å². The molecule has 1 amide bonds. The molecule has 1 aliphatic heterocycles. The van der Waals surface area contributed by atoms with Gasteiger partial charge in [0, 0.05) is 43.1 Å². The van der Waals surface area contributed by atoms with E-state index in [1.807, 2.05) is 34.7 Å². The third-order valence-corrected chi connectivity index (χ3v) is 4.65. The van der Waals surface area contributed by atoms with Gasteiger partial charge in [-0.15, -0.1) is 0 Å². The maximum Gasteiger partial charge on any atom is 0.244 e. The lowest BCUT2D eigenvalue weighted by Crippen LogP contribution is -2.40. The molecule has 4 heterocycles. The number of hydrogen-bond acceptors (Lipinski definition) is 4. The quantitative estimate of drug-likeness (QED) is 0.731. The number of hydrogen-bond donors (Lipinski definition) is 0. The molecule has 0 aliphatic carbocycles. The third-order valence-electron chi connectivity index (χ3n) is 4.65. The molecule has 3 aromatic rings. The Morgan fingerprint density at radius 3 is 3.12 bits per heavy atom. The van der Waals surface area contributed by atoms with Gasteiger partial charge in [-0.1, -0.05) is 0 Å². The fourth-order valence-electron chi connectivity index (χ4n) is 3.49. The predicted molar refractivity (Wildman–Crippen MR) is 89.2 cm³/mol. The normalized spacial score (nSPS) is 17.7. The summed E-state index contributed by atoms with van der Waals surface area (Å²) in [5, 5.41) is 5.49. The molecule has 0 spiro atoms. The van der Waals surface area contributed by atoms with E-state index in [0.29, 0.717) is 0 Å². The van der Waals surface area contributed by atoms with Gasteiger partial charge in [0.15, 0.2) is 5.65 Å². The summed E-state index contributed by atoms with van der Waals surface area (Å²) >= 11 is 0. The van der Waals surface area contributed by atoms with Crippen LogP contribution in [0.25, 0.3) is 11.0 Å². The molecular weight excluding hydrogens is 304 g/mol. The number of amides is 1. The van der Waals surface area contributed by atoms with Crippen molar-refractivity contribution in [1.29, 1.82) is 0 Å². The average Bonchev–Trinajstić information content (AvgIpc) is 3.31. The largest absolute Gasteiger partial charge is 0.336 e. The molecule has 7 heteroatoms. The van der Waals surface area contributed by atoms with Gasteiger partial charge < -0.3 is 9.47 Å². The van der Waals surface area contributed by atoms with Crippen LogP contribution in [0.4, 0.5) is 0 Å². The first-order valence-electron chi connectivity index (χ1n) is 8.26. The maximum absolute atomic E-state index is 12.8. The Morgan fingerprint density at radius 2 is 2.29 bits per heavy atom. The second kappa shape index (κ2) is 6.07. The van der Waals surface area contributed by atoms with E-state index in [1.54, 1.807) is 23.4 Å². The molecule has 1 aliphatic rings. The molecule has 0 bridgehead atoms. The lowest BCUT2D eigenvalue weighted by Gasteiger charge is -2.25. The van der Waals surface area contributed by atoms with Gasteiger partial charge in [-0.05, 0) is 31.9 Å². The molecule has 1 fully saturated rings. The van der Waals surface area contributed by atoms with Gasteiger partial charge in [0.25, 0.3) is 0 Å². The third kappa shape index (κ3) is 2.66. The molecule has 0 unspecified atom stereocenters. The Hall–Kier alpha value is -2.70. The van der Waals surface area contributed by atoms with Gasteiger partial charge in [-0.2, -0.15) is 5.10 Å². The Balaban J connectivity index is 1.52. The number of aromatic nitrogens is 5. The first-order chi connectivity index (χ1) is 11.7. The number of pyridine rings is 1. The summed E-state index contributed by atoms with van der Waals surface area (Å²) in [5.41, 5.74) is 1.68. The van der Waals surface area contributed by atoms with E-state index in [-0.39, 0.29) is 18.5 Å². The molecule has 0 saturated carbocycles. The summed E-state index contributed by atoms with van der Waals surface area (Å²) in [6.45, 7) is 3.79. The smallest absolute Gasteiger partial charge is 0.244 e. The number of fused-ring (bicyclic) bond motifs is 1. The van der Waals surface area contributed by atoms with Crippen molar-refractivity contribution in [2.75, 3.05) is 6.54 Å². The number of likely N-dealkylation sites (tertiary alicyclic amines) is 1. The molecule has 4 rings (SSSR count). The first-order valence-corrected chi connectivity index (χ1v) is 8.26. The summed E-state index contributed by atoms with van der Waals surface area (Å²) in [6.07, 6.45) is 9.32. The lowest BCUT2D eigenvalue weighted by atomic mass is 10.2. The average molecular weight is 324 g/mol. The highest BCUT2D eigenvalue weighted by Crippen LogP contribution is 2.21. The minimum Gasteiger partial charge on any atom is -0.336 e. The zero-order valence-electron chi connectivity index (χ0n) is 13.7. The Kier molecular flexibility index (Phi) is 3.76. The number of rotatable bonds is 4. The van der Waals surface area contributed by atoms with Crippen LogP contribution in [-0.4, -0.2) is 47.7 Å². The van der Waals surface area contributed by atoms with E-state index >= 15 is 0 Å². The van der Waals surface area contributed by atoms with Crippen LogP contribution in [0.3, 0.4) is 0 Å². The molecule has 0 radical (unpaired) electrons. The predicted octanol–water partition coefficient (Wildman–Crippen LogP) is 1.63. The van der Waals surface area contributed by atoms with Crippen molar-refractivity contribution in [3.63, 3.8) is 0 Å². The SMILES string of the molecule is Cc1nn(CC(=O)N2CCC[C@@H]2Cn2ccnc2)c2ncccc12. The van der Waals surface area contributed by atoms with E-state index < -0.39 is 0 Å². The van der Waals surface area contributed by atoms with Crippen LogP contribution in [0.15, 0.2) is 37.1 Å². The lowest BCUT2D eigenvalue weighted by molar-refractivity contribution is -0.133. The maximum atomic E-state index is 12.8. The zero-order chi connectivity index (χ0) is 16.5. The van der Waals surface area contributed by atoms with E-state index in [9.17, 15) is 4.79 Å². The highest BCUT2D eigenvalue weighted by atomic mass is 16.2. The molecule has 124 valence electrons. The van der Waals surface area contributed by atoms with Crippen LogP contribution in [0.5, 0.6) is 0 Å². The number of carbonyl (C=O) groups excluding carboxylic acids is 1. The zero-order valence-corrected chi connectivity index (χ0v) is 13.7. The van der Waals surface area contributed by atoms with Gasteiger partial charge in [0.1, 0.15) is 6.54 Å². The highest BCUT2D eigenvalue weighted by molar-refractivity contribution is 5.81. The summed E-state index contributed by atoms with van der Waals surface area (Å²) in [5.74, 6) is 0.104. The standard InChI is InChI=1S/C17H20N6O/c1-13-15-5-2-6-19-17(15)23(20-13)11-16(24)22-8-3-4-14(22)10-21-9-7-18-12-21/h2,5-7,9,12,14H,3-4,8,10-11H2,1H3/t14-/m1/s1. The molecule has 0 N–H and O–H groups in total. The van der Waals surface area contributed by atoms with Crippen LogP contribution in [0, 0.1) is 6.92 Å². The molecular formula is C17H20N6O. The second-order valence-corrected chi connectivity index (χ2v) is 6.26. The summed E-state index contributed by atoms with van der Waals surface area (Å²) < 4.78 is 3.75. The van der Waals surface area contributed by atoms with Gasteiger partial charge in [0.2, 0.25) is 5.91 Å². The fourth-order valence-corrected chi connectivity index (χ4v) is 3.49. The summed E-state index contributed by atoms with van der Waals surface area (Å²) in [7, 11) is 0. The van der Waals surface area contributed by atoms with Gasteiger partial charge >= 0.3 is 0 Å². The second-order valence-electron chi connectivity index (χ2n) is 6.26. The van der Waals surface area contributed by atoms with Crippen molar-refractivity contribution in [1.82, 2.24) is 29.2 Å². The first kappa shape index (κ1) is 14.9. The Morgan fingerprint density at radius 1 is 1.38 bits per heavy atom. The van der Waals surface area contributed by atoms with Crippen molar-refractivity contribution in [3.05, 3.63) is 42.7 Å². The van der Waals surface area contributed by atoms with E-state index in [2.05, 4.69) is 15.1 Å². The molecule has 3 aromatic heterocycles. The van der Waals surface area contributed by atoms with Gasteiger partial charge in [-0.3, -0.25) is 4.79 Å². The van der Waals surface area contributed by atoms with Crippen molar-refractivity contribution < 1.29 is 4.79 Å². The molecule has 24 heavy (non-hydrogen) atoms. The highest BCUT2D eigenvalue weighted by Gasteiger charge is 2.29. The van der Waals surface area contributed by atoms with Crippen molar-refractivity contribution in [3.8, 4) is 0 Å².